The van der Waals surface area contributed by atoms with Crippen molar-refractivity contribution in [3.8, 4) is 11.5 Å². The minimum absolute atomic E-state index is 0.0554. The van der Waals surface area contributed by atoms with Crippen LogP contribution in [-0.4, -0.2) is 83.0 Å². The highest BCUT2D eigenvalue weighted by Gasteiger charge is 2.30. The summed E-state index contributed by atoms with van der Waals surface area (Å²) in [6.45, 7) is 32.8. The Kier molecular flexibility index (Phi) is 19.1. The average Bonchev–Trinajstić information content (AvgIpc) is 3.14. The van der Waals surface area contributed by atoms with Crippen LogP contribution in [0.5, 0.6) is 11.5 Å². The summed E-state index contributed by atoms with van der Waals surface area (Å²) in [5.74, 6) is 0.754. The Hall–Kier alpha value is -2.23. The SMILES string of the molecule is CCCC[N+](CCCC)(CCCC)CCC[SiH2]c1cc(/C=N/[C@H]2CCCC[C@@H]2/N=C/c2cc([Si](C)(C)CCCC)cc(C(C)(C)C)c2O)c(O)c(C(C)(C)C)c1. The van der Waals surface area contributed by atoms with Crippen molar-refractivity contribution in [3.63, 3.8) is 0 Å². The van der Waals surface area contributed by atoms with Crippen LogP contribution in [0.4, 0.5) is 0 Å². The van der Waals surface area contributed by atoms with E-state index in [4.69, 9.17) is 9.98 Å². The second-order valence-electron chi connectivity index (χ2n) is 20.3. The number of rotatable bonds is 22. The van der Waals surface area contributed by atoms with Crippen molar-refractivity contribution >= 4 is 40.4 Å². The van der Waals surface area contributed by atoms with E-state index in [9.17, 15) is 10.2 Å². The molecule has 0 unspecified atom stereocenters. The first-order chi connectivity index (χ1) is 26.4. The molecule has 3 rings (SSSR count). The van der Waals surface area contributed by atoms with E-state index >= 15 is 0 Å². The van der Waals surface area contributed by atoms with Crippen molar-refractivity contribution < 1.29 is 14.7 Å². The third-order valence-electron chi connectivity index (χ3n) is 12.7. The standard InChI is InChI=1S/C49H85N3O2Si2/c1-13-17-26-52(27-18-14-2,28-19-15-3)29-23-30-55-40-32-38(46(53)42(34-40)48(5,6)7)36-50-44-24-21-22-25-45(44)51-37-39-33-41(56(11,12)31-20-16-4)35-43(47(39)54)49(8,9)10/h32-37,44-45H,13-31,55H2,1-12H3,(H-,50,51,53,54)/p+1/t44-,45-/m0/s1. The van der Waals surface area contributed by atoms with Crippen LogP contribution in [0.25, 0.3) is 0 Å². The van der Waals surface area contributed by atoms with Gasteiger partial charge < -0.3 is 14.7 Å². The molecule has 316 valence electrons. The van der Waals surface area contributed by atoms with Crippen LogP contribution in [0.15, 0.2) is 34.3 Å². The van der Waals surface area contributed by atoms with Gasteiger partial charge in [0.15, 0.2) is 0 Å². The molecule has 0 bridgehead atoms. The van der Waals surface area contributed by atoms with Gasteiger partial charge in [-0.25, -0.2) is 0 Å². The molecule has 0 radical (unpaired) electrons. The molecule has 1 aliphatic rings. The molecule has 0 aliphatic heterocycles. The fourth-order valence-electron chi connectivity index (χ4n) is 8.73. The van der Waals surface area contributed by atoms with Crippen molar-refractivity contribution in [2.24, 2.45) is 9.98 Å². The van der Waals surface area contributed by atoms with E-state index in [-0.39, 0.29) is 22.9 Å². The molecule has 0 aromatic heterocycles. The van der Waals surface area contributed by atoms with Gasteiger partial charge in [-0.05, 0) is 60.5 Å². The van der Waals surface area contributed by atoms with Crippen LogP contribution >= 0.6 is 0 Å². The first-order valence-electron chi connectivity index (χ1n) is 23.1. The number of aliphatic imine (C=N–C) groups is 2. The molecule has 2 aromatic rings. The Morgan fingerprint density at radius 1 is 0.661 bits per heavy atom. The fourth-order valence-corrected chi connectivity index (χ4v) is 12.9. The molecule has 0 heterocycles. The third kappa shape index (κ3) is 14.3. The summed E-state index contributed by atoms with van der Waals surface area (Å²) in [5, 5.41) is 26.1. The van der Waals surface area contributed by atoms with E-state index in [1.807, 2.05) is 12.4 Å². The van der Waals surface area contributed by atoms with Gasteiger partial charge in [0.2, 0.25) is 0 Å². The number of hydrogen-bond donors (Lipinski definition) is 2. The largest absolute Gasteiger partial charge is 0.507 e. The van der Waals surface area contributed by atoms with Crippen LogP contribution < -0.4 is 10.4 Å². The number of phenols is 2. The molecular formula is C49H86N3O2Si2+. The Labute approximate surface area is 348 Å². The lowest BCUT2D eigenvalue weighted by molar-refractivity contribution is -0.928. The molecule has 5 nitrogen and oxygen atoms in total. The summed E-state index contributed by atoms with van der Waals surface area (Å²) < 4.78 is 1.32. The summed E-state index contributed by atoms with van der Waals surface area (Å²) >= 11 is 0. The molecule has 1 fully saturated rings. The Balaban J connectivity index is 1.89. The zero-order valence-corrected chi connectivity index (χ0v) is 40.9. The van der Waals surface area contributed by atoms with E-state index in [1.165, 1.54) is 111 Å². The van der Waals surface area contributed by atoms with Crippen LogP contribution in [0.1, 0.15) is 175 Å². The molecule has 1 aliphatic carbocycles. The first-order valence-corrected chi connectivity index (χ1v) is 28.0. The molecular weight excluding hydrogens is 719 g/mol. The number of hydrogen-bond acceptors (Lipinski definition) is 4. The highest BCUT2D eigenvalue weighted by Crippen LogP contribution is 2.35. The minimum Gasteiger partial charge on any atom is -0.507 e. The zero-order valence-electron chi connectivity index (χ0n) is 38.5. The fraction of sp³-hybridized carbons (Fsp3) is 0.714. The molecule has 0 spiro atoms. The van der Waals surface area contributed by atoms with Crippen molar-refractivity contribution in [2.75, 3.05) is 26.2 Å². The van der Waals surface area contributed by atoms with Gasteiger partial charge in [-0.15, -0.1) is 0 Å². The number of benzene rings is 2. The lowest BCUT2D eigenvalue weighted by Gasteiger charge is -2.39. The van der Waals surface area contributed by atoms with Crippen molar-refractivity contribution in [3.05, 3.63) is 46.5 Å². The number of unbranched alkanes of at least 4 members (excludes halogenated alkanes) is 4. The van der Waals surface area contributed by atoms with E-state index in [1.54, 1.807) is 0 Å². The Bertz CT molecular complexity index is 1530. The van der Waals surface area contributed by atoms with Gasteiger partial charge >= 0.3 is 0 Å². The van der Waals surface area contributed by atoms with Crippen molar-refractivity contribution in [2.45, 2.75) is 201 Å². The van der Waals surface area contributed by atoms with Gasteiger partial charge in [-0.3, -0.25) is 9.98 Å². The molecule has 0 amide bonds. The predicted molar refractivity (Wildman–Crippen MR) is 254 cm³/mol. The first kappa shape index (κ1) is 48.1. The highest BCUT2D eigenvalue weighted by atomic mass is 28.3. The lowest BCUT2D eigenvalue weighted by Crippen LogP contribution is -2.50. The molecule has 56 heavy (non-hydrogen) atoms. The van der Waals surface area contributed by atoms with Gasteiger partial charge in [-0.2, -0.15) is 0 Å². The summed E-state index contributed by atoms with van der Waals surface area (Å²) in [4.78, 5) is 10.4. The Morgan fingerprint density at radius 3 is 1.57 bits per heavy atom. The van der Waals surface area contributed by atoms with Gasteiger partial charge in [0.25, 0.3) is 0 Å². The molecule has 2 atom stereocenters. The number of aromatic hydroxyl groups is 2. The van der Waals surface area contributed by atoms with Crippen molar-refractivity contribution in [1.29, 1.82) is 0 Å². The van der Waals surface area contributed by atoms with E-state index < -0.39 is 17.6 Å². The van der Waals surface area contributed by atoms with E-state index in [0.717, 1.165) is 47.9 Å². The van der Waals surface area contributed by atoms with Crippen molar-refractivity contribution in [1.82, 2.24) is 0 Å². The van der Waals surface area contributed by atoms with Crippen LogP contribution in [0.3, 0.4) is 0 Å². The zero-order chi connectivity index (χ0) is 41.6. The van der Waals surface area contributed by atoms with Gasteiger partial charge in [-0.1, -0.05) is 174 Å². The van der Waals surface area contributed by atoms with Gasteiger partial charge in [0.05, 0.1) is 55.9 Å². The van der Waals surface area contributed by atoms with Crippen LogP contribution in [-0.2, 0) is 10.8 Å². The number of quaternary nitrogens is 1. The normalized spacial score (nSPS) is 17.6. The van der Waals surface area contributed by atoms with E-state index in [0.29, 0.717) is 11.5 Å². The quantitative estimate of drug-likeness (QED) is 0.0539. The topological polar surface area (TPSA) is 65.2 Å². The third-order valence-corrected chi connectivity index (χ3v) is 18.0. The highest BCUT2D eigenvalue weighted by molar-refractivity contribution is 6.89. The second kappa shape index (κ2) is 22.2. The molecule has 2 aromatic carbocycles. The predicted octanol–water partition coefficient (Wildman–Crippen LogP) is 11.1. The molecule has 0 saturated heterocycles. The molecule has 1 saturated carbocycles. The lowest BCUT2D eigenvalue weighted by atomic mass is 9.85. The van der Waals surface area contributed by atoms with Gasteiger partial charge in [0, 0.05) is 23.6 Å². The maximum atomic E-state index is 11.7. The monoisotopic (exact) mass is 805 g/mol. The maximum Gasteiger partial charge on any atom is 0.128 e. The second-order valence-corrected chi connectivity index (χ2v) is 27.1. The summed E-state index contributed by atoms with van der Waals surface area (Å²) in [5.41, 5.74) is 3.45. The molecule has 7 heteroatoms. The number of nitrogens with zero attached hydrogens (tertiary/aromatic N) is 3. The smallest absolute Gasteiger partial charge is 0.128 e. The summed E-state index contributed by atoms with van der Waals surface area (Å²) in [6, 6.07) is 11.8. The van der Waals surface area contributed by atoms with E-state index in [2.05, 4.69) is 107 Å². The summed E-state index contributed by atoms with van der Waals surface area (Å²) in [7, 11) is -2.18. The minimum atomic E-state index is -1.68. The average molecular weight is 805 g/mol. The van der Waals surface area contributed by atoms with Crippen LogP contribution in [0.2, 0.25) is 25.2 Å². The Morgan fingerprint density at radius 2 is 1.11 bits per heavy atom. The molecule has 2 N–H and O–H groups in total. The number of phenolic OH excluding ortho intramolecular Hbond substituents is 2. The maximum absolute atomic E-state index is 11.7. The van der Waals surface area contributed by atoms with Crippen LogP contribution in [0, 0.1) is 0 Å². The summed E-state index contributed by atoms with van der Waals surface area (Å²) in [6.07, 6.45) is 19.8. The van der Waals surface area contributed by atoms with Gasteiger partial charge in [0.1, 0.15) is 11.5 Å².